The number of amides is 1. The van der Waals surface area contributed by atoms with Gasteiger partial charge in [0, 0.05) is 24.1 Å². The molecule has 1 saturated heterocycles. The number of nitrogens with zero attached hydrogens (tertiary/aromatic N) is 1. The standard InChI is InChI=1S/C15H21NO2S2/c17-8-4-11-3-1-2-7-16(11)15(18)14-12-5-9-19-13(12)6-10-20-14/h5,9,11,14,17H,1-4,6-8,10H2. The molecule has 5 heteroatoms. The summed E-state index contributed by atoms with van der Waals surface area (Å²) in [5.41, 5.74) is 1.24. The first-order valence-electron chi connectivity index (χ1n) is 7.40. The first-order valence-corrected chi connectivity index (χ1v) is 9.33. The lowest BCUT2D eigenvalue weighted by Crippen LogP contribution is -2.46. The number of aliphatic hydroxyl groups excluding tert-OH is 1. The van der Waals surface area contributed by atoms with Crippen LogP contribution in [0.2, 0.25) is 0 Å². The predicted octanol–water partition coefficient (Wildman–Crippen LogP) is 2.84. The van der Waals surface area contributed by atoms with Gasteiger partial charge in [-0.25, -0.2) is 0 Å². The fourth-order valence-electron chi connectivity index (χ4n) is 3.24. The summed E-state index contributed by atoms with van der Waals surface area (Å²) in [6, 6.07) is 2.37. The zero-order valence-corrected chi connectivity index (χ0v) is 13.2. The molecule has 0 radical (unpaired) electrons. The van der Waals surface area contributed by atoms with Crippen molar-refractivity contribution >= 4 is 29.0 Å². The number of aryl methyl sites for hydroxylation is 1. The van der Waals surface area contributed by atoms with Crippen LogP contribution in [-0.2, 0) is 11.2 Å². The Balaban J connectivity index is 1.78. The molecule has 3 rings (SSSR count). The number of thiophene rings is 1. The number of carbonyl (C=O) groups excluding carboxylic acids is 1. The van der Waals surface area contributed by atoms with Gasteiger partial charge < -0.3 is 10.0 Å². The van der Waals surface area contributed by atoms with E-state index in [0.29, 0.717) is 0 Å². The number of rotatable bonds is 3. The Morgan fingerprint density at radius 2 is 2.35 bits per heavy atom. The zero-order valence-electron chi connectivity index (χ0n) is 11.6. The molecule has 1 aromatic heterocycles. The van der Waals surface area contributed by atoms with E-state index in [1.54, 1.807) is 23.1 Å². The van der Waals surface area contributed by atoms with Gasteiger partial charge in [0.25, 0.3) is 0 Å². The van der Waals surface area contributed by atoms with E-state index < -0.39 is 0 Å². The number of aliphatic hydroxyl groups is 1. The van der Waals surface area contributed by atoms with Crippen molar-refractivity contribution in [3.05, 3.63) is 21.9 Å². The summed E-state index contributed by atoms with van der Waals surface area (Å²) in [5.74, 6) is 1.31. The average Bonchev–Trinajstić information content (AvgIpc) is 2.96. The van der Waals surface area contributed by atoms with Crippen molar-refractivity contribution in [3.8, 4) is 0 Å². The Kier molecular flexibility index (Phi) is 4.68. The van der Waals surface area contributed by atoms with E-state index >= 15 is 0 Å². The van der Waals surface area contributed by atoms with E-state index in [2.05, 4.69) is 11.4 Å². The third kappa shape index (κ3) is 2.76. The summed E-state index contributed by atoms with van der Waals surface area (Å²) >= 11 is 3.57. The van der Waals surface area contributed by atoms with Crippen LogP contribution < -0.4 is 0 Å². The van der Waals surface area contributed by atoms with E-state index in [1.807, 2.05) is 4.90 Å². The van der Waals surface area contributed by atoms with Crippen molar-refractivity contribution in [1.29, 1.82) is 0 Å². The molecule has 3 heterocycles. The summed E-state index contributed by atoms with van der Waals surface area (Å²) < 4.78 is 0. The molecule has 0 aromatic carbocycles. The van der Waals surface area contributed by atoms with E-state index in [9.17, 15) is 9.90 Å². The first kappa shape index (κ1) is 14.4. The maximum atomic E-state index is 12.9. The van der Waals surface area contributed by atoms with Crippen LogP contribution in [0.1, 0.15) is 41.4 Å². The molecule has 1 amide bonds. The summed E-state index contributed by atoms with van der Waals surface area (Å²) in [5, 5.41) is 11.3. The third-order valence-corrected chi connectivity index (χ3v) is 6.50. The fraction of sp³-hybridized carbons (Fsp3) is 0.667. The van der Waals surface area contributed by atoms with Crippen LogP contribution in [0.4, 0.5) is 0 Å². The Morgan fingerprint density at radius 1 is 1.45 bits per heavy atom. The van der Waals surface area contributed by atoms with Gasteiger partial charge in [0.15, 0.2) is 0 Å². The lowest BCUT2D eigenvalue weighted by Gasteiger charge is -2.38. The van der Waals surface area contributed by atoms with Crippen LogP contribution in [-0.4, -0.2) is 40.9 Å². The minimum Gasteiger partial charge on any atom is -0.396 e. The third-order valence-electron chi connectivity index (χ3n) is 4.27. The smallest absolute Gasteiger partial charge is 0.240 e. The van der Waals surface area contributed by atoms with Gasteiger partial charge >= 0.3 is 0 Å². The van der Waals surface area contributed by atoms with Crippen LogP contribution in [0.25, 0.3) is 0 Å². The molecule has 2 aliphatic rings. The van der Waals surface area contributed by atoms with Gasteiger partial charge in [-0.3, -0.25) is 4.79 Å². The highest BCUT2D eigenvalue weighted by molar-refractivity contribution is 8.00. The summed E-state index contributed by atoms with van der Waals surface area (Å²) in [6.07, 6.45) is 5.14. The Labute approximate surface area is 128 Å². The number of thioether (sulfide) groups is 1. The second-order valence-electron chi connectivity index (χ2n) is 5.49. The second-order valence-corrected chi connectivity index (χ2v) is 7.71. The number of hydrogen-bond acceptors (Lipinski definition) is 4. The van der Waals surface area contributed by atoms with Crippen LogP contribution in [0.5, 0.6) is 0 Å². The Hall–Kier alpha value is -0.520. The molecule has 0 spiro atoms. The summed E-state index contributed by atoms with van der Waals surface area (Å²) in [7, 11) is 0. The molecular formula is C15H21NO2S2. The molecule has 2 aliphatic heterocycles. The molecule has 2 atom stereocenters. The number of likely N-dealkylation sites (tertiary alicyclic amines) is 1. The van der Waals surface area contributed by atoms with Crippen LogP contribution in [0, 0.1) is 0 Å². The highest BCUT2D eigenvalue weighted by atomic mass is 32.2. The SMILES string of the molecule is O=C(C1SCCc2sccc21)N1CCCCC1CCO. The molecule has 0 bridgehead atoms. The van der Waals surface area contributed by atoms with Gasteiger partial charge in [0.1, 0.15) is 5.25 Å². The van der Waals surface area contributed by atoms with Gasteiger partial charge in [-0.15, -0.1) is 23.1 Å². The topological polar surface area (TPSA) is 40.5 Å². The van der Waals surface area contributed by atoms with Crippen molar-refractivity contribution in [3.63, 3.8) is 0 Å². The predicted molar refractivity (Wildman–Crippen MR) is 84.3 cm³/mol. The molecule has 0 aliphatic carbocycles. The molecule has 2 unspecified atom stereocenters. The monoisotopic (exact) mass is 311 g/mol. The molecular weight excluding hydrogens is 290 g/mol. The van der Waals surface area contributed by atoms with Crippen molar-refractivity contribution in [2.24, 2.45) is 0 Å². The van der Waals surface area contributed by atoms with E-state index in [-0.39, 0.29) is 23.8 Å². The highest BCUT2D eigenvalue weighted by Gasteiger charge is 2.35. The molecule has 20 heavy (non-hydrogen) atoms. The van der Waals surface area contributed by atoms with Crippen LogP contribution >= 0.6 is 23.1 Å². The number of hydrogen-bond donors (Lipinski definition) is 1. The lowest BCUT2D eigenvalue weighted by atomic mass is 9.98. The minimum atomic E-state index is -0.00991. The van der Waals surface area contributed by atoms with Gasteiger partial charge in [0.2, 0.25) is 5.91 Å². The number of carbonyl (C=O) groups is 1. The first-order chi connectivity index (χ1) is 9.81. The normalized spacial score (nSPS) is 26.4. The highest BCUT2D eigenvalue weighted by Crippen LogP contribution is 2.41. The Morgan fingerprint density at radius 3 is 3.20 bits per heavy atom. The van der Waals surface area contributed by atoms with Crippen LogP contribution in [0.15, 0.2) is 11.4 Å². The number of fused-ring (bicyclic) bond motifs is 1. The molecule has 3 nitrogen and oxygen atoms in total. The molecule has 1 N–H and O–H groups in total. The molecule has 1 aromatic rings. The largest absolute Gasteiger partial charge is 0.396 e. The van der Waals surface area contributed by atoms with Crippen molar-refractivity contribution in [2.75, 3.05) is 18.9 Å². The lowest BCUT2D eigenvalue weighted by molar-refractivity contribution is -0.134. The zero-order chi connectivity index (χ0) is 13.9. The van der Waals surface area contributed by atoms with Gasteiger partial charge in [0.05, 0.1) is 0 Å². The molecule has 0 saturated carbocycles. The van der Waals surface area contributed by atoms with Crippen molar-refractivity contribution in [1.82, 2.24) is 4.90 Å². The maximum absolute atomic E-state index is 12.9. The average molecular weight is 311 g/mol. The van der Waals surface area contributed by atoms with Crippen LogP contribution in [0.3, 0.4) is 0 Å². The Bertz CT molecular complexity index is 472. The summed E-state index contributed by atoms with van der Waals surface area (Å²) in [4.78, 5) is 16.4. The van der Waals surface area contributed by atoms with E-state index in [4.69, 9.17) is 0 Å². The quantitative estimate of drug-likeness (QED) is 0.933. The second kappa shape index (κ2) is 6.50. The van der Waals surface area contributed by atoms with Gasteiger partial charge in [-0.1, -0.05) is 0 Å². The minimum absolute atomic E-state index is 0.00991. The van der Waals surface area contributed by atoms with Gasteiger partial charge in [-0.05, 0) is 54.9 Å². The number of piperidine rings is 1. The summed E-state index contributed by atoms with van der Waals surface area (Å²) in [6.45, 7) is 1.04. The van der Waals surface area contributed by atoms with E-state index in [0.717, 1.165) is 38.0 Å². The van der Waals surface area contributed by atoms with Crippen molar-refractivity contribution < 1.29 is 9.90 Å². The van der Waals surface area contributed by atoms with Crippen molar-refractivity contribution in [2.45, 2.75) is 43.4 Å². The van der Waals surface area contributed by atoms with E-state index in [1.165, 1.54) is 16.9 Å². The fourth-order valence-corrected chi connectivity index (χ4v) is 5.60. The maximum Gasteiger partial charge on any atom is 0.240 e. The van der Waals surface area contributed by atoms with Gasteiger partial charge in [-0.2, -0.15) is 0 Å². The molecule has 1 fully saturated rings. The molecule has 110 valence electrons.